The molecule has 0 bridgehead atoms. The van der Waals surface area contributed by atoms with Crippen molar-refractivity contribution >= 4 is 39.2 Å². The van der Waals surface area contributed by atoms with Crippen molar-refractivity contribution in [2.75, 3.05) is 58.3 Å². The number of piperazine rings is 1. The Labute approximate surface area is 216 Å². The van der Waals surface area contributed by atoms with Crippen LogP contribution in [0.15, 0.2) is 24.5 Å². The van der Waals surface area contributed by atoms with E-state index in [1.807, 2.05) is 13.1 Å². The van der Waals surface area contributed by atoms with E-state index in [4.69, 9.17) is 35.8 Å². The van der Waals surface area contributed by atoms with Gasteiger partial charge in [0.15, 0.2) is 5.75 Å². The lowest BCUT2D eigenvalue weighted by Crippen LogP contribution is -2.44. The minimum Gasteiger partial charge on any atom is -0.456 e. The fraction of sp³-hybridized carbons (Fsp3) is 0.417. The number of rotatable bonds is 6. The molecule has 0 amide bonds. The van der Waals surface area contributed by atoms with Crippen molar-refractivity contribution in [2.24, 2.45) is 0 Å². The molecule has 2 fully saturated rings. The third kappa shape index (κ3) is 4.50. The van der Waals surface area contributed by atoms with Gasteiger partial charge in [0.25, 0.3) is 0 Å². The van der Waals surface area contributed by atoms with Crippen LogP contribution in [0.25, 0.3) is 21.8 Å². The van der Waals surface area contributed by atoms with Crippen molar-refractivity contribution in [3.05, 3.63) is 35.4 Å². The number of likely N-dealkylation sites (tertiary alicyclic amines) is 1. The molecular weight excluding hydrogens is 503 g/mol. The lowest BCUT2D eigenvalue weighted by Gasteiger charge is -2.29. The summed E-state index contributed by atoms with van der Waals surface area (Å²) >= 11 is 6.31. The number of halogens is 2. The second-order valence-corrected chi connectivity index (χ2v) is 9.54. The molecule has 0 spiro atoms. The number of methoxy groups -OCH3 is 1. The second kappa shape index (κ2) is 9.86. The molecule has 194 valence electrons. The third-order valence-corrected chi connectivity index (χ3v) is 7.06. The number of nitrogens with one attached hydrogen (secondary N) is 2. The molecule has 4 aromatic rings. The van der Waals surface area contributed by atoms with Gasteiger partial charge in [-0.05, 0) is 13.1 Å². The number of likely N-dealkylation sites (N-methyl/N-ethyl adjacent to an activating group) is 1. The van der Waals surface area contributed by atoms with Crippen LogP contribution < -0.4 is 19.7 Å². The molecule has 2 saturated heterocycles. The molecule has 0 aliphatic carbocycles. The van der Waals surface area contributed by atoms with E-state index in [2.05, 4.69) is 30.3 Å². The first kappa shape index (κ1) is 24.0. The van der Waals surface area contributed by atoms with E-state index < -0.39 is 5.82 Å². The Kier molecular flexibility index (Phi) is 6.41. The fourth-order valence-corrected chi connectivity index (χ4v) is 5.03. The van der Waals surface area contributed by atoms with Crippen LogP contribution in [-0.2, 0) is 4.74 Å². The second-order valence-electron chi connectivity index (χ2n) is 9.17. The predicted octanol–water partition coefficient (Wildman–Crippen LogP) is 2.60. The number of H-pyrrole nitrogens is 1. The van der Waals surface area contributed by atoms with Gasteiger partial charge in [0.05, 0.1) is 22.5 Å². The van der Waals surface area contributed by atoms with Gasteiger partial charge in [-0.1, -0.05) is 11.6 Å². The van der Waals surface area contributed by atoms with Gasteiger partial charge >= 0.3 is 6.01 Å². The highest BCUT2D eigenvalue weighted by atomic mass is 35.5. The average Bonchev–Trinajstić information content (AvgIpc) is 3.52. The number of ether oxygens (including phenoxy) is 3. The van der Waals surface area contributed by atoms with E-state index in [9.17, 15) is 4.39 Å². The minimum absolute atomic E-state index is 0.104. The molecule has 0 unspecified atom stereocenters. The molecule has 6 rings (SSSR count). The number of hydrogen-bond acceptors (Lipinski definition) is 10. The zero-order valence-corrected chi connectivity index (χ0v) is 21.1. The highest BCUT2D eigenvalue weighted by Crippen LogP contribution is 2.40. The Morgan fingerprint density at radius 1 is 1.14 bits per heavy atom. The maximum atomic E-state index is 14.5. The van der Waals surface area contributed by atoms with Crippen molar-refractivity contribution < 1.29 is 18.6 Å². The molecule has 0 saturated carbocycles. The van der Waals surface area contributed by atoms with Gasteiger partial charge in [-0.25, -0.2) is 9.37 Å². The van der Waals surface area contributed by atoms with Gasteiger partial charge < -0.3 is 24.4 Å². The van der Waals surface area contributed by atoms with Gasteiger partial charge in [-0.3, -0.25) is 10.00 Å². The molecule has 2 aliphatic rings. The topological polar surface area (TPSA) is 114 Å². The summed E-state index contributed by atoms with van der Waals surface area (Å²) in [4.78, 5) is 18.2. The molecule has 2 N–H and O–H groups in total. The normalized spacial score (nSPS) is 20.7. The number of aromatic nitrogens is 5. The van der Waals surface area contributed by atoms with Crippen LogP contribution in [0.5, 0.6) is 17.6 Å². The maximum absolute atomic E-state index is 14.5. The lowest BCUT2D eigenvalue weighted by molar-refractivity contribution is 0.0300. The van der Waals surface area contributed by atoms with E-state index in [1.54, 1.807) is 13.3 Å². The number of pyridine rings is 1. The van der Waals surface area contributed by atoms with Gasteiger partial charge in [0.2, 0.25) is 5.88 Å². The molecule has 0 radical (unpaired) electrons. The van der Waals surface area contributed by atoms with E-state index in [-0.39, 0.29) is 34.9 Å². The van der Waals surface area contributed by atoms with Crippen molar-refractivity contribution in [3.8, 4) is 17.6 Å². The summed E-state index contributed by atoms with van der Waals surface area (Å²) in [5, 5.41) is 11.2. The van der Waals surface area contributed by atoms with Crippen LogP contribution in [0.2, 0.25) is 5.02 Å². The van der Waals surface area contributed by atoms with Gasteiger partial charge in [-0.2, -0.15) is 15.1 Å². The van der Waals surface area contributed by atoms with E-state index in [0.717, 1.165) is 38.1 Å². The summed E-state index contributed by atoms with van der Waals surface area (Å²) in [5.74, 6) is 0.340. The number of anilines is 1. The molecule has 11 nitrogen and oxygen atoms in total. The molecule has 2 atom stereocenters. The standard InChI is InChI=1S/C24H26ClFN8O3/c1-33-11-17(35-2)18(12-33)36-24-30-20-13(22(31-24)34-7-5-27-6-8-34)3-4-28-23(20)37-21-14-10-29-32-16(14)9-15(26)19(21)25/h3-4,9-10,17-18,27H,5-8,11-12H2,1-2H3,(H,29,32)/t17-,18-/m1/s1. The van der Waals surface area contributed by atoms with Crippen molar-refractivity contribution in [1.29, 1.82) is 0 Å². The van der Waals surface area contributed by atoms with Crippen molar-refractivity contribution in [2.45, 2.75) is 12.2 Å². The molecule has 37 heavy (non-hydrogen) atoms. The Balaban J connectivity index is 1.47. The van der Waals surface area contributed by atoms with Gasteiger partial charge in [0, 0.05) is 58.6 Å². The first-order valence-electron chi connectivity index (χ1n) is 12.0. The number of benzene rings is 1. The van der Waals surface area contributed by atoms with Crippen LogP contribution in [-0.4, -0.2) is 95.7 Å². The van der Waals surface area contributed by atoms with Crippen LogP contribution in [0, 0.1) is 5.82 Å². The third-order valence-electron chi connectivity index (χ3n) is 6.71. The Bertz CT molecular complexity index is 1450. The lowest BCUT2D eigenvalue weighted by atomic mass is 10.2. The largest absolute Gasteiger partial charge is 0.456 e. The molecule has 13 heteroatoms. The summed E-state index contributed by atoms with van der Waals surface area (Å²) in [5.41, 5.74) is 0.881. The summed E-state index contributed by atoms with van der Waals surface area (Å²) in [7, 11) is 3.68. The quantitative estimate of drug-likeness (QED) is 0.387. The molecule has 3 aromatic heterocycles. The molecular formula is C24H26ClFN8O3. The summed E-state index contributed by atoms with van der Waals surface area (Å²) < 4.78 is 32.6. The van der Waals surface area contributed by atoms with E-state index in [0.29, 0.717) is 28.8 Å². The van der Waals surface area contributed by atoms with Crippen molar-refractivity contribution in [3.63, 3.8) is 0 Å². The molecule has 5 heterocycles. The maximum Gasteiger partial charge on any atom is 0.319 e. The van der Waals surface area contributed by atoms with E-state index >= 15 is 0 Å². The zero-order chi connectivity index (χ0) is 25.5. The first-order valence-corrected chi connectivity index (χ1v) is 12.4. The van der Waals surface area contributed by atoms with Gasteiger partial charge in [-0.15, -0.1) is 0 Å². The SMILES string of the molecule is CO[C@@H]1CN(C)C[C@H]1Oc1nc(N2CCNCC2)c2ccnc(Oc3c(Cl)c(F)cc4[nH]ncc34)c2n1. The smallest absolute Gasteiger partial charge is 0.319 e. The predicted molar refractivity (Wildman–Crippen MR) is 136 cm³/mol. The minimum atomic E-state index is -0.634. The number of aromatic amines is 1. The summed E-state index contributed by atoms with van der Waals surface area (Å²) in [6.45, 7) is 4.61. The van der Waals surface area contributed by atoms with Crippen LogP contribution in [0.3, 0.4) is 0 Å². The van der Waals surface area contributed by atoms with Crippen LogP contribution in [0.4, 0.5) is 10.2 Å². The Morgan fingerprint density at radius 2 is 1.95 bits per heavy atom. The summed E-state index contributed by atoms with van der Waals surface area (Å²) in [6, 6.07) is 3.31. The Morgan fingerprint density at radius 3 is 2.76 bits per heavy atom. The first-order chi connectivity index (χ1) is 18.0. The van der Waals surface area contributed by atoms with Gasteiger partial charge in [0.1, 0.15) is 34.4 Å². The highest BCUT2D eigenvalue weighted by Gasteiger charge is 2.34. The zero-order valence-electron chi connectivity index (χ0n) is 20.4. The van der Waals surface area contributed by atoms with E-state index in [1.165, 1.54) is 12.3 Å². The fourth-order valence-electron chi connectivity index (χ4n) is 4.84. The molecule has 1 aromatic carbocycles. The number of fused-ring (bicyclic) bond motifs is 2. The number of nitrogens with zero attached hydrogens (tertiary/aromatic N) is 6. The van der Waals surface area contributed by atoms with Crippen LogP contribution >= 0.6 is 11.6 Å². The monoisotopic (exact) mass is 528 g/mol. The highest BCUT2D eigenvalue weighted by molar-refractivity contribution is 6.33. The summed E-state index contributed by atoms with van der Waals surface area (Å²) in [6.07, 6.45) is 2.78. The average molecular weight is 529 g/mol. The Hall–Kier alpha value is -3.32. The van der Waals surface area contributed by atoms with Crippen LogP contribution in [0.1, 0.15) is 0 Å². The molecule has 2 aliphatic heterocycles. The number of hydrogen-bond donors (Lipinski definition) is 2. The van der Waals surface area contributed by atoms with Crippen molar-refractivity contribution in [1.82, 2.24) is 35.4 Å².